The Morgan fingerprint density at radius 3 is 2.12 bits per heavy atom. The van der Waals surface area contributed by atoms with Crippen molar-refractivity contribution in [3.05, 3.63) is 12.2 Å². The van der Waals surface area contributed by atoms with E-state index in [-0.39, 0.29) is 0 Å². The smallest absolute Gasteiger partial charge is 0.186 e. The standard InChI is InChI=1S/C7H16O2Si.C7H10/c1-4-10(2,3)9-6-7-5-8-7;1-2-7-4-3-6(1)5-7/h7H,4-6H2,1-3H3;1-2,6-7H,3-5H2. The van der Waals surface area contributed by atoms with Crippen LogP contribution in [0.2, 0.25) is 19.1 Å². The van der Waals surface area contributed by atoms with Gasteiger partial charge in [-0.1, -0.05) is 19.1 Å². The highest BCUT2D eigenvalue weighted by molar-refractivity contribution is 6.71. The van der Waals surface area contributed by atoms with Gasteiger partial charge in [0.15, 0.2) is 8.32 Å². The van der Waals surface area contributed by atoms with Gasteiger partial charge in [0, 0.05) is 0 Å². The minimum atomic E-state index is -1.28. The maximum Gasteiger partial charge on any atom is 0.186 e. The molecule has 0 aromatic carbocycles. The largest absolute Gasteiger partial charge is 0.415 e. The lowest BCUT2D eigenvalue weighted by atomic mass is 10.1. The van der Waals surface area contributed by atoms with Crippen molar-refractivity contribution in [2.45, 2.75) is 51.4 Å². The molecule has 2 nitrogen and oxygen atoms in total. The summed E-state index contributed by atoms with van der Waals surface area (Å²) in [6.07, 6.45) is 9.61. The van der Waals surface area contributed by atoms with Gasteiger partial charge >= 0.3 is 0 Å². The average molecular weight is 254 g/mol. The first kappa shape index (κ1) is 13.3. The molecule has 0 aromatic rings. The van der Waals surface area contributed by atoms with Crippen molar-refractivity contribution >= 4 is 8.32 Å². The molecule has 2 aliphatic carbocycles. The summed E-state index contributed by atoms with van der Waals surface area (Å²) in [6, 6.07) is 1.19. The molecule has 1 aliphatic heterocycles. The fraction of sp³-hybridized carbons (Fsp3) is 0.857. The molecule has 3 heteroatoms. The van der Waals surface area contributed by atoms with Crippen LogP contribution < -0.4 is 0 Å². The van der Waals surface area contributed by atoms with Gasteiger partial charge in [-0.25, -0.2) is 0 Å². The van der Waals surface area contributed by atoms with Crippen LogP contribution in [0.25, 0.3) is 0 Å². The molecule has 3 aliphatic rings. The Morgan fingerprint density at radius 1 is 1.24 bits per heavy atom. The van der Waals surface area contributed by atoms with E-state index in [1.54, 1.807) is 0 Å². The average Bonchev–Trinajstić information content (AvgIpc) is 2.90. The third kappa shape index (κ3) is 4.57. The van der Waals surface area contributed by atoms with Gasteiger partial charge in [-0.15, -0.1) is 0 Å². The molecular formula is C14H26O2Si. The van der Waals surface area contributed by atoms with Crippen molar-refractivity contribution < 1.29 is 9.16 Å². The Balaban J connectivity index is 0.000000134. The molecule has 3 unspecified atom stereocenters. The summed E-state index contributed by atoms with van der Waals surface area (Å²) < 4.78 is 10.8. The van der Waals surface area contributed by atoms with Crippen molar-refractivity contribution in [1.29, 1.82) is 0 Å². The minimum absolute atomic E-state index is 0.429. The van der Waals surface area contributed by atoms with Gasteiger partial charge in [0.05, 0.1) is 13.2 Å². The van der Waals surface area contributed by atoms with Gasteiger partial charge in [0.1, 0.15) is 6.10 Å². The predicted octanol–water partition coefficient (Wildman–Crippen LogP) is 3.60. The van der Waals surface area contributed by atoms with E-state index in [0.29, 0.717) is 6.10 Å². The Labute approximate surface area is 107 Å². The summed E-state index contributed by atoms with van der Waals surface area (Å²) in [4.78, 5) is 0. The zero-order valence-corrected chi connectivity index (χ0v) is 12.4. The molecule has 0 amide bonds. The molecule has 1 heterocycles. The predicted molar refractivity (Wildman–Crippen MR) is 73.6 cm³/mol. The molecule has 0 radical (unpaired) electrons. The van der Waals surface area contributed by atoms with Crippen molar-refractivity contribution in [1.82, 2.24) is 0 Å². The normalized spacial score (nSPS) is 33.5. The summed E-state index contributed by atoms with van der Waals surface area (Å²) in [5, 5.41) is 0. The van der Waals surface area contributed by atoms with Crippen LogP contribution in [-0.4, -0.2) is 27.6 Å². The summed E-state index contributed by atoms with van der Waals surface area (Å²) in [5.74, 6) is 1.98. The summed E-state index contributed by atoms with van der Waals surface area (Å²) in [7, 11) is -1.28. The molecule has 2 bridgehead atoms. The van der Waals surface area contributed by atoms with E-state index < -0.39 is 8.32 Å². The fourth-order valence-electron chi connectivity index (χ4n) is 2.30. The van der Waals surface area contributed by atoms with E-state index in [0.717, 1.165) is 25.0 Å². The molecule has 2 fully saturated rings. The van der Waals surface area contributed by atoms with Crippen LogP contribution in [0.3, 0.4) is 0 Å². The minimum Gasteiger partial charge on any atom is -0.415 e. The van der Waals surface area contributed by atoms with Crippen LogP contribution >= 0.6 is 0 Å². The molecule has 0 N–H and O–H groups in total. The zero-order chi connectivity index (χ0) is 12.3. The van der Waals surface area contributed by atoms with Crippen molar-refractivity contribution in [2.24, 2.45) is 11.8 Å². The second-order valence-corrected chi connectivity index (χ2v) is 10.6. The lowest BCUT2D eigenvalue weighted by molar-refractivity contribution is 0.255. The SMILES string of the molecule is C1=CC2CCC1C2.CC[Si](C)(C)OCC1CO1. The molecule has 98 valence electrons. The van der Waals surface area contributed by atoms with E-state index in [2.05, 4.69) is 32.2 Å². The van der Waals surface area contributed by atoms with Gasteiger partial charge in [0.2, 0.25) is 0 Å². The highest BCUT2D eigenvalue weighted by Gasteiger charge is 2.27. The number of hydrogen-bond acceptors (Lipinski definition) is 2. The molecular weight excluding hydrogens is 228 g/mol. The quantitative estimate of drug-likeness (QED) is 0.434. The van der Waals surface area contributed by atoms with Crippen molar-refractivity contribution in [3.8, 4) is 0 Å². The van der Waals surface area contributed by atoms with Gasteiger partial charge in [-0.2, -0.15) is 0 Å². The van der Waals surface area contributed by atoms with Crippen LogP contribution in [0.15, 0.2) is 12.2 Å². The van der Waals surface area contributed by atoms with E-state index in [9.17, 15) is 0 Å². The number of hydrogen-bond donors (Lipinski definition) is 0. The Morgan fingerprint density at radius 2 is 1.82 bits per heavy atom. The van der Waals surface area contributed by atoms with E-state index in [4.69, 9.17) is 9.16 Å². The lowest BCUT2D eigenvalue weighted by Gasteiger charge is -2.19. The molecule has 3 atom stereocenters. The summed E-state index contributed by atoms with van der Waals surface area (Å²) in [6.45, 7) is 8.42. The molecule has 1 saturated carbocycles. The Bertz CT molecular complexity index is 259. The topological polar surface area (TPSA) is 21.8 Å². The molecule has 17 heavy (non-hydrogen) atoms. The highest BCUT2D eigenvalue weighted by atomic mass is 28.4. The zero-order valence-electron chi connectivity index (χ0n) is 11.4. The fourth-order valence-corrected chi connectivity index (χ4v) is 3.14. The Kier molecular flexibility index (Phi) is 4.45. The van der Waals surface area contributed by atoms with Crippen LogP contribution in [0, 0.1) is 11.8 Å². The summed E-state index contributed by atoms with van der Waals surface area (Å²) >= 11 is 0. The van der Waals surface area contributed by atoms with E-state index in [1.165, 1.54) is 25.3 Å². The lowest BCUT2D eigenvalue weighted by Crippen LogP contribution is -2.30. The molecule has 0 aromatic heterocycles. The number of fused-ring (bicyclic) bond motifs is 2. The first-order chi connectivity index (χ1) is 8.09. The van der Waals surface area contributed by atoms with Crippen molar-refractivity contribution in [2.75, 3.05) is 13.2 Å². The molecule has 1 saturated heterocycles. The maximum atomic E-state index is 5.72. The number of epoxide rings is 1. The van der Waals surface area contributed by atoms with Gasteiger partial charge < -0.3 is 9.16 Å². The van der Waals surface area contributed by atoms with Gasteiger partial charge in [-0.3, -0.25) is 0 Å². The van der Waals surface area contributed by atoms with E-state index >= 15 is 0 Å². The third-order valence-electron chi connectivity index (χ3n) is 4.08. The third-order valence-corrected chi connectivity index (χ3v) is 6.73. The van der Waals surface area contributed by atoms with Crippen molar-refractivity contribution in [3.63, 3.8) is 0 Å². The van der Waals surface area contributed by atoms with Crippen LogP contribution in [-0.2, 0) is 9.16 Å². The maximum absolute atomic E-state index is 5.72. The Hall–Kier alpha value is -0.123. The monoisotopic (exact) mass is 254 g/mol. The first-order valence-electron chi connectivity index (χ1n) is 7.03. The van der Waals surface area contributed by atoms with Crippen LogP contribution in [0.1, 0.15) is 26.2 Å². The second kappa shape index (κ2) is 5.68. The van der Waals surface area contributed by atoms with E-state index in [1.807, 2.05) is 0 Å². The second-order valence-electron chi connectivity index (χ2n) is 6.10. The molecule has 0 spiro atoms. The molecule has 3 rings (SSSR count). The number of rotatable bonds is 4. The van der Waals surface area contributed by atoms with Crippen LogP contribution in [0.4, 0.5) is 0 Å². The first-order valence-corrected chi connectivity index (χ1v) is 10.1. The highest BCUT2D eigenvalue weighted by Crippen LogP contribution is 2.38. The van der Waals surface area contributed by atoms with Gasteiger partial charge in [-0.05, 0) is 50.2 Å². The summed E-state index contributed by atoms with van der Waals surface area (Å²) in [5.41, 5.74) is 0. The van der Waals surface area contributed by atoms with Crippen LogP contribution in [0.5, 0.6) is 0 Å². The number of ether oxygens (including phenoxy) is 1. The number of allylic oxidation sites excluding steroid dienone is 2. The van der Waals surface area contributed by atoms with Gasteiger partial charge in [0.25, 0.3) is 0 Å².